The lowest BCUT2D eigenvalue weighted by molar-refractivity contribution is 0.0489. The van der Waals surface area contributed by atoms with Crippen molar-refractivity contribution in [3.05, 3.63) is 57.7 Å². The predicted octanol–water partition coefficient (Wildman–Crippen LogP) is 3.99. The van der Waals surface area contributed by atoms with E-state index >= 15 is 0 Å². The number of hydrogen-bond acceptors (Lipinski definition) is 6. The van der Waals surface area contributed by atoms with E-state index in [0.717, 1.165) is 34.5 Å². The van der Waals surface area contributed by atoms with Crippen LogP contribution in [0, 0.1) is 6.92 Å². The number of phenolic OH excluding ortho intramolecular Hbond substituents is 1. The van der Waals surface area contributed by atoms with E-state index < -0.39 is 8.07 Å². The molecule has 29 heavy (non-hydrogen) atoms. The van der Waals surface area contributed by atoms with Gasteiger partial charge in [0.25, 0.3) is 0 Å². The molecular formula is C22H27N3O2SSi. The van der Waals surface area contributed by atoms with E-state index in [9.17, 15) is 5.11 Å². The van der Waals surface area contributed by atoms with Crippen molar-refractivity contribution < 1.29 is 9.84 Å². The second kappa shape index (κ2) is 7.89. The first-order valence-corrected chi connectivity index (χ1v) is 14.4. The van der Waals surface area contributed by atoms with E-state index in [-0.39, 0.29) is 11.9 Å². The standard InChI is InChI=1S/C22H27N3O2SSi/c1-15-9-18(26)10-17-13-25(14-27-6-8-29(2,3)4)22(24-21(15)17)19-11-16-5-7-28-20(16)12-23-19/h5,7,9-13,22,26H,6,8,14H2,1-4H3. The molecule has 0 amide bonds. The second-order valence-electron chi connectivity index (χ2n) is 8.76. The Balaban J connectivity index is 1.69. The number of benzene rings is 1. The predicted molar refractivity (Wildman–Crippen MR) is 121 cm³/mol. The topological polar surface area (TPSA) is 58.0 Å². The fourth-order valence-corrected chi connectivity index (χ4v) is 4.92. The summed E-state index contributed by atoms with van der Waals surface area (Å²) in [6.45, 7) is 10.2. The highest BCUT2D eigenvalue weighted by atomic mass is 32.1. The number of aromatic nitrogens is 1. The Morgan fingerprint density at radius 2 is 2.07 bits per heavy atom. The van der Waals surface area contributed by atoms with Crippen LogP contribution in [0.2, 0.25) is 25.7 Å². The molecule has 1 N–H and O–H groups in total. The first-order valence-electron chi connectivity index (χ1n) is 9.86. The van der Waals surface area contributed by atoms with Crippen LogP contribution < -0.4 is 10.6 Å². The van der Waals surface area contributed by atoms with Crippen LogP contribution in [-0.4, -0.2) is 36.4 Å². The van der Waals surface area contributed by atoms with Gasteiger partial charge >= 0.3 is 0 Å². The monoisotopic (exact) mass is 425 g/mol. The molecule has 0 aliphatic carbocycles. The third kappa shape index (κ3) is 4.52. The Morgan fingerprint density at radius 3 is 2.86 bits per heavy atom. The molecule has 1 aromatic carbocycles. The number of aromatic hydroxyl groups is 1. The van der Waals surface area contributed by atoms with E-state index in [1.54, 1.807) is 23.5 Å². The number of pyridine rings is 1. The molecule has 4 rings (SSSR count). The zero-order chi connectivity index (χ0) is 20.6. The van der Waals surface area contributed by atoms with Crippen molar-refractivity contribution in [3.8, 4) is 5.75 Å². The van der Waals surface area contributed by atoms with Crippen LogP contribution in [-0.2, 0) is 4.74 Å². The Bertz CT molecular complexity index is 1150. The zero-order valence-electron chi connectivity index (χ0n) is 17.3. The molecule has 1 aliphatic heterocycles. The molecule has 1 unspecified atom stereocenters. The van der Waals surface area contributed by atoms with Crippen molar-refractivity contribution in [3.63, 3.8) is 0 Å². The summed E-state index contributed by atoms with van der Waals surface area (Å²) >= 11 is 1.69. The molecule has 152 valence electrons. The lowest BCUT2D eigenvalue weighted by atomic mass is 10.1. The van der Waals surface area contributed by atoms with Gasteiger partial charge in [-0.3, -0.25) is 9.98 Å². The van der Waals surface area contributed by atoms with Gasteiger partial charge in [0, 0.05) is 32.3 Å². The molecule has 0 radical (unpaired) electrons. The smallest absolute Gasteiger partial charge is 0.166 e. The van der Waals surface area contributed by atoms with Gasteiger partial charge in [0.05, 0.1) is 15.8 Å². The third-order valence-electron chi connectivity index (χ3n) is 5.05. The lowest BCUT2D eigenvalue weighted by Gasteiger charge is -2.30. The first-order chi connectivity index (χ1) is 13.8. The molecule has 0 fully saturated rings. The van der Waals surface area contributed by atoms with Crippen molar-refractivity contribution in [2.45, 2.75) is 38.8 Å². The van der Waals surface area contributed by atoms with Crippen LogP contribution >= 0.6 is 11.3 Å². The Kier molecular flexibility index (Phi) is 5.46. The van der Waals surface area contributed by atoms with Crippen molar-refractivity contribution in [2.75, 3.05) is 13.3 Å². The second-order valence-corrected chi connectivity index (χ2v) is 15.3. The summed E-state index contributed by atoms with van der Waals surface area (Å²) in [4.78, 5) is 11.8. The van der Waals surface area contributed by atoms with Gasteiger partial charge in [-0.2, -0.15) is 0 Å². The normalized spacial score (nSPS) is 16.4. The van der Waals surface area contributed by atoms with E-state index in [1.807, 2.05) is 19.3 Å². The number of thiophene rings is 1. The molecule has 3 aromatic rings. The van der Waals surface area contributed by atoms with Crippen LogP contribution in [0.4, 0.5) is 0 Å². The van der Waals surface area contributed by atoms with Crippen molar-refractivity contribution in [2.24, 2.45) is 4.99 Å². The maximum absolute atomic E-state index is 10.0. The highest BCUT2D eigenvalue weighted by Gasteiger charge is 2.23. The molecule has 3 heterocycles. The van der Waals surface area contributed by atoms with Gasteiger partial charge in [-0.05, 0) is 53.6 Å². The number of rotatable bonds is 6. The van der Waals surface area contributed by atoms with E-state index in [1.165, 1.54) is 10.1 Å². The minimum Gasteiger partial charge on any atom is -0.508 e. The summed E-state index contributed by atoms with van der Waals surface area (Å²) < 4.78 is 7.20. The largest absolute Gasteiger partial charge is 0.508 e. The first kappa shape index (κ1) is 20.1. The molecule has 5 nitrogen and oxygen atoms in total. The molecule has 1 aliphatic rings. The van der Waals surface area contributed by atoms with Gasteiger partial charge < -0.3 is 14.7 Å². The van der Waals surface area contributed by atoms with Gasteiger partial charge in [-0.1, -0.05) is 19.6 Å². The molecule has 7 heteroatoms. The number of hydrogen-bond donors (Lipinski definition) is 1. The third-order valence-corrected chi connectivity index (χ3v) is 7.62. The van der Waals surface area contributed by atoms with Crippen LogP contribution in [0.5, 0.6) is 5.75 Å². The highest BCUT2D eigenvalue weighted by molar-refractivity contribution is 7.17. The Labute approximate surface area is 176 Å². The number of nitrogens with zero attached hydrogens (tertiary/aromatic N) is 3. The van der Waals surface area contributed by atoms with Crippen molar-refractivity contribution in [1.82, 2.24) is 9.88 Å². The van der Waals surface area contributed by atoms with Crippen molar-refractivity contribution in [1.29, 1.82) is 0 Å². The fourth-order valence-electron chi connectivity index (χ4n) is 3.43. The summed E-state index contributed by atoms with van der Waals surface area (Å²) in [5.74, 6) is 0.253. The molecule has 1 atom stereocenters. The maximum Gasteiger partial charge on any atom is 0.166 e. The van der Waals surface area contributed by atoms with E-state index in [0.29, 0.717) is 6.73 Å². The number of ether oxygens (including phenoxy) is 1. The number of fused-ring (bicyclic) bond motifs is 2. The Morgan fingerprint density at radius 1 is 1.24 bits per heavy atom. The summed E-state index contributed by atoms with van der Waals surface area (Å²) in [5.41, 5.74) is 1.86. The average Bonchev–Trinajstić information content (AvgIpc) is 3.11. The number of aryl methyl sites for hydroxylation is 1. The molecule has 0 saturated carbocycles. The number of phenols is 1. The van der Waals surface area contributed by atoms with Gasteiger partial charge in [0.15, 0.2) is 6.17 Å². The highest BCUT2D eigenvalue weighted by Crippen LogP contribution is 2.27. The molecule has 0 spiro atoms. The average molecular weight is 426 g/mol. The van der Waals surface area contributed by atoms with Crippen LogP contribution in [0.15, 0.2) is 40.8 Å². The summed E-state index contributed by atoms with van der Waals surface area (Å²) in [6, 6.07) is 8.86. The quantitative estimate of drug-likeness (QED) is 0.479. The summed E-state index contributed by atoms with van der Waals surface area (Å²) in [7, 11) is -1.14. The minimum absolute atomic E-state index is 0.248. The maximum atomic E-state index is 10.0. The van der Waals surface area contributed by atoms with Gasteiger partial charge in [0.1, 0.15) is 12.5 Å². The van der Waals surface area contributed by atoms with E-state index in [4.69, 9.17) is 14.7 Å². The SMILES string of the molecule is Cc1cc(O)cc2c1=NC(c1cc3ccsc3cn1)N(COCC[Si](C)(C)C)C=2. The van der Waals surface area contributed by atoms with Gasteiger partial charge in [-0.25, -0.2) is 0 Å². The fraction of sp³-hybridized carbons (Fsp3) is 0.364. The summed E-state index contributed by atoms with van der Waals surface area (Å²) in [6.07, 6.45) is 3.71. The molecule has 2 aromatic heterocycles. The Hall–Kier alpha value is -2.22. The van der Waals surface area contributed by atoms with Crippen LogP contribution in [0.1, 0.15) is 17.4 Å². The zero-order valence-corrected chi connectivity index (χ0v) is 19.2. The minimum atomic E-state index is -1.14. The van der Waals surface area contributed by atoms with E-state index in [2.05, 4.69) is 42.1 Å². The molecule has 0 saturated heterocycles. The molecular weight excluding hydrogens is 398 g/mol. The summed E-state index contributed by atoms with van der Waals surface area (Å²) in [5, 5.41) is 15.1. The molecule has 0 bridgehead atoms. The van der Waals surface area contributed by atoms with Gasteiger partial charge in [-0.15, -0.1) is 11.3 Å². The van der Waals surface area contributed by atoms with Gasteiger partial charge in [0.2, 0.25) is 0 Å². The van der Waals surface area contributed by atoms with Crippen LogP contribution in [0.3, 0.4) is 0 Å². The van der Waals surface area contributed by atoms with Crippen LogP contribution in [0.25, 0.3) is 16.3 Å². The van der Waals surface area contributed by atoms with Crippen molar-refractivity contribution >= 4 is 35.7 Å². The lowest BCUT2D eigenvalue weighted by Crippen LogP contribution is -2.40.